The number of phenols is 4. The molecule has 0 bridgehead atoms. The number of aromatic hydroxyl groups is 4. The van der Waals surface area contributed by atoms with Gasteiger partial charge in [0.15, 0.2) is 23.0 Å². The standard InChI is InChI=1S/C14H14O4/c1-7-3-11(15)13(17)5-9(7)10-6-14(18)12(16)4-8(10)2/h3-6,15-18H,1-2H3. The Morgan fingerprint density at radius 3 is 1.17 bits per heavy atom. The first-order valence-corrected chi connectivity index (χ1v) is 5.45. The Kier molecular flexibility index (Phi) is 2.79. The summed E-state index contributed by atoms with van der Waals surface area (Å²) in [6.07, 6.45) is 0. The van der Waals surface area contributed by atoms with E-state index in [1.807, 2.05) is 0 Å². The highest BCUT2D eigenvalue weighted by Crippen LogP contribution is 2.38. The van der Waals surface area contributed by atoms with Crippen LogP contribution in [-0.4, -0.2) is 20.4 Å². The van der Waals surface area contributed by atoms with Crippen LogP contribution in [0.1, 0.15) is 11.1 Å². The van der Waals surface area contributed by atoms with E-state index in [9.17, 15) is 20.4 Å². The normalized spacial score (nSPS) is 10.6. The summed E-state index contributed by atoms with van der Waals surface area (Å²) < 4.78 is 0. The average Bonchev–Trinajstić information content (AvgIpc) is 2.29. The van der Waals surface area contributed by atoms with Crippen LogP contribution in [0.5, 0.6) is 23.0 Å². The number of benzene rings is 2. The average molecular weight is 246 g/mol. The van der Waals surface area contributed by atoms with Crippen LogP contribution in [0.2, 0.25) is 0 Å². The second-order valence-corrected chi connectivity index (χ2v) is 4.31. The van der Waals surface area contributed by atoms with Crippen molar-refractivity contribution in [1.29, 1.82) is 0 Å². The van der Waals surface area contributed by atoms with Crippen molar-refractivity contribution in [1.82, 2.24) is 0 Å². The summed E-state index contributed by atoms with van der Waals surface area (Å²) in [6, 6.07) is 5.77. The second-order valence-electron chi connectivity index (χ2n) is 4.31. The van der Waals surface area contributed by atoms with E-state index in [2.05, 4.69) is 0 Å². The quantitative estimate of drug-likeness (QED) is 0.583. The van der Waals surface area contributed by atoms with Gasteiger partial charge in [-0.15, -0.1) is 0 Å². The molecule has 0 amide bonds. The maximum atomic E-state index is 9.54. The fourth-order valence-corrected chi connectivity index (χ4v) is 1.94. The lowest BCUT2D eigenvalue weighted by molar-refractivity contribution is 0.403. The number of hydrogen-bond donors (Lipinski definition) is 4. The molecule has 0 radical (unpaired) electrons. The van der Waals surface area contributed by atoms with Gasteiger partial charge in [0.2, 0.25) is 0 Å². The molecule has 2 rings (SSSR count). The van der Waals surface area contributed by atoms with Crippen molar-refractivity contribution in [3.05, 3.63) is 35.4 Å². The molecule has 2 aromatic rings. The number of phenolic OH excluding ortho intramolecular Hbond substituents is 4. The largest absolute Gasteiger partial charge is 0.504 e. The monoisotopic (exact) mass is 246 g/mol. The zero-order valence-electron chi connectivity index (χ0n) is 10.1. The van der Waals surface area contributed by atoms with Crippen molar-refractivity contribution in [2.24, 2.45) is 0 Å². The lowest BCUT2D eigenvalue weighted by Gasteiger charge is -2.12. The first kappa shape index (κ1) is 12.1. The molecule has 0 unspecified atom stereocenters. The number of rotatable bonds is 1. The molecule has 0 aliphatic heterocycles. The Labute approximate surface area is 104 Å². The van der Waals surface area contributed by atoms with E-state index in [1.54, 1.807) is 13.8 Å². The van der Waals surface area contributed by atoms with Gasteiger partial charge in [-0.25, -0.2) is 0 Å². The molecule has 4 N–H and O–H groups in total. The molecule has 4 nitrogen and oxygen atoms in total. The van der Waals surface area contributed by atoms with Crippen molar-refractivity contribution in [3.8, 4) is 34.1 Å². The van der Waals surface area contributed by atoms with Crippen LogP contribution in [0.25, 0.3) is 11.1 Å². The summed E-state index contributed by atoms with van der Waals surface area (Å²) in [5.74, 6) is -0.807. The van der Waals surface area contributed by atoms with Gasteiger partial charge in [-0.2, -0.15) is 0 Å². The molecular weight excluding hydrogens is 232 g/mol. The number of hydrogen-bond acceptors (Lipinski definition) is 4. The summed E-state index contributed by atoms with van der Waals surface area (Å²) in [5, 5.41) is 37.9. The van der Waals surface area contributed by atoms with Crippen LogP contribution in [0.15, 0.2) is 24.3 Å². The van der Waals surface area contributed by atoms with Gasteiger partial charge < -0.3 is 20.4 Å². The van der Waals surface area contributed by atoms with Crippen LogP contribution < -0.4 is 0 Å². The van der Waals surface area contributed by atoms with Gasteiger partial charge >= 0.3 is 0 Å². The lowest BCUT2D eigenvalue weighted by Crippen LogP contribution is -1.88. The molecule has 94 valence electrons. The van der Waals surface area contributed by atoms with E-state index in [-0.39, 0.29) is 23.0 Å². The van der Waals surface area contributed by atoms with Crippen LogP contribution >= 0.6 is 0 Å². The molecule has 0 aliphatic rings. The first-order valence-electron chi connectivity index (χ1n) is 5.45. The summed E-state index contributed by atoms with van der Waals surface area (Å²) in [5.41, 5.74) is 2.91. The Hall–Kier alpha value is -2.36. The maximum absolute atomic E-state index is 9.54. The van der Waals surface area contributed by atoms with Gasteiger partial charge in [0.1, 0.15) is 0 Å². The van der Waals surface area contributed by atoms with E-state index in [4.69, 9.17) is 0 Å². The Bertz CT molecular complexity index is 562. The molecule has 0 spiro atoms. The molecule has 0 aliphatic carbocycles. The molecule has 0 heterocycles. The van der Waals surface area contributed by atoms with Crippen molar-refractivity contribution in [2.75, 3.05) is 0 Å². The fourth-order valence-electron chi connectivity index (χ4n) is 1.94. The van der Waals surface area contributed by atoms with Crippen molar-refractivity contribution in [3.63, 3.8) is 0 Å². The Morgan fingerprint density at radius 1 is 0.556 bits per heavy atom. The van der Waals surface area contributed by atoms with Crippen molar-refractivity contribution in [2.45, 2.75) is 13.8 Å². The fraction of sp³-hybridized carbons (Fsp3) is 0.143. The molecule has 0 saturated heterocycles. The minimum Gasteiger partial charge on any atom is -0.504 e. The van der Waals surface area contributed by atoms with Crippen LogP contribution in [0.3, 0.4) is 0 Å². The summed E-state index contributed by atoms with van der Waals surface area (Å²) >= 11 is 0. The SMILES string of the molecule is Cc1cc(O)c(O)cc1-c1cc(O)c(O)cc1C. The molecule has 18 heavy (non-hydrogen) atoms. The second kappa shape index (κ2) is 4.14. The summed E-state index contributed by atoms with van der Waals surface area (Å²) in [7, 11) is 0. The Balaban J connectivity index is 2.69. The third-order valence-corrected chi connectivity index (χ3v) is 2.93. The van der Waals surface area contributed by atoms with Gasteiger partial charge in [-0.05, 0) is 60.4 Å². The van der Waals surface area contributed by atoms with Gasteiger partial charge in [0.05, 0.1) is 0 Å². The van der Waals surface area contributed by atoms with E-state index in [0.717, 1.165) is 11.1 Å². The van der Waals surface area contributed by atoms with E-state index in [1.165, 1.54) is 24.3 Å². The number of aryl methyl sites for hydroxylation is 2. The minimum atomic E-state index is -0.220. The van der Waals surface area contributed by atoms with E-state index >= 15 is 0 Å². The predicted octanol–water partition coefficient (Wildman–Crippen LogP) is 2.79. The third-order valence-electron chi connectivity index (χ3n) is 2.93. The van der Waals surface area contributed by atoms with Gasteiger partial charge in [-0.3, -0.25) is 0 Å². The zero-order valence-corrected chi connectivity index (χ0v) is 10.1. The van der Waals surface area contributed by atoms with Crippen LogP contribution in [0.4, 0.5) is 0 Å². The highest BCUT2D eigenvalue weighted by molar-refractivity contribution is 5.75. The molecule has 4 heteroatoms. The summed E-state index contributed by atoms with van der Waals surface area (Å²) in [6.45, 7) is 3.58. The molecule has 0 saturated carbocycles. The highest BCUT2D eigenvalue weighted by atomic mass is 16.3. The third kappa shape index (κ3) is 1.93. The van der Waals surface area contributed by atoms with Crippen LogP contribution in [-0.2, 0) is 0 Å². The first-order chi connectivity index (χ1) is 8.40. The molecule has 0 fully saturated rings. The van der Waals surface area contributed by atoms with Gasteiger partial charge in [0.25, 0.3) is 0 Å². The zero-order chi connectivity index (χ0) is 13.4. The highest BCUT2D eigenvalue weighted by Gasteiger charge is 2.12. The Morgan fingerprint density at radius 2 is 0.833 bits per heavy atom. The van der Waals surface area contributed by atoms with Crippen LogP contribution in [0, 0.1) is 13.8 Å². The van der Waals surface area contributed by atoms with E-state index < -0.39 is 0 Å². The molecule has 0 atom stereocenters. The molecule has 2 aromatic carbocycles. The topological polar surface area (TPSA) is 80.9 Å². The molecule has 0 aromatic heterocycles. The van der Waals surface area contributed by atoms with E-state index in [0.29, 0.717) is 11.1 Å². The smallest absolute Gasteiger partial charge is 0.158 e. The minimum absolute atomic E-state index is 0.183. The summed E-state index contributed by atoms with van der Waals surface area (Å²) in [4.78, 5) is 0. The predicted molar refractivity (Wildman–Crippen MR) is 68.0 cm³/mol. The van der Waals surface area contributed by atoms with Gasteiger partial charge in [0, 0.05) is 0 Å². The van der Waals surface area contributed by atoms with Crippen molar-refractivity contribution >= 4 is 0 Å². The maximum Gasteiger partial charge on any atom is 0.158 e. The van der Waals surface area contributed by atoms with Crippen molar-refractivity contribution < 1.29 is 20.4 Å². The lowest BCUT2D eigenvalue weighted by atomic mass is 9.95. The molecular formula is C14H14O4. The van der Waals surface area contributed by atoms with Gasteiger partial charge in [-0.1, -0.05) is 0 Å².